The van der Waals surface area contributed by atoms with Crippen molar-refractivity contribution in [1.82, 2.24) is 45.4 Å². The van der Waals surface area contributed by atoms with Crippen molar-refractivity contribution in [3.63, 3.8) is 0 Å². The van der Waals surface area contributed by atoms with Gasteiger partial charge < -0.3 is 14.7 Å². The number of methoxy groups -OCH3 is 1. The molecule has 0 saturated carbocycles. The maximum absolute atomic E-state index is 12.4. The molecule has 0 amide bonds. The van der Waals surface area contributed by atoms with Crippen LogP contribution in [0.5, 0.6) is 5.75 Å². The molecule has 0 fully saturated rings. The maximum atomic E-state index is 12.4. The van der Waals surface area contributed by atoms with Crippen LogP contribution in [0.15, 0.2) is 50.5 Å². The van der Waals surface area contributed by atoms with Crippen molar-refractivity contribution in [2.24, 2.45) is 10.3 Å². The number of benzene rings is 1. The molecule has 32 heavy (non-hydrogen) atoms. The van der Waals surface area contributed by atoms with Gasteiger partial charge in [-0.25, -0.2) is 9.97 Å². The summed E-state index contributed by atoms with van der Waals surface area (Å²) in [6, 6.07) is 7.17. The molecule has 0 radical (unpaired) electrons. The molecule has 15 nitrogen and oxygen atoms in total. The molecule has 160 valence electrons. The summed E-state index contributed by atoms with van der Waals surface area (Å²) in [5.41, 5.74) is 5.68. The number of anilines is 1. The fraction of sp³-hybridized carbons (Fsp3) is 0.0588. The van der Waals surface area contributed by atoms with E-state index >= 15 is 0 Å². The van der Waals surface area contributed by atoms with E-state index in [0.29, 0.717) is 11.6 Å². The predicted molar refractivity (Wildman–Crippen MR) is 112 cm³/mol. The zero-order chi connectivity index (χ0) is 22.1. The van der Waals surface area contributed by atoms with Crippen molar-refractivity contribution in [2.75, 3.05) is 12.5 Å². The van der Waals surface area contributed by atoms with E-state index in [4.69, 9.17) is 4.74 Å². The number of aromatic amines is 4. The molecule has 4 heterocycles. The summed E-state index contributed by atoms with van der Waals surface area (Å²) in [6.45, 7) is 0. The highest BCUT2D eigenvalue weighted by Crippen LogP contribution is 2.21. The number of fused-ring (bicyclic) bond motifs is 2. The number of hydrogen-bond donors (Lipinski definition) is 6. The molecule has 0 spiro atoms. The van der Waals surface area contributed by atoms with Gasteiger partial charge in [-0.1, -0.05) is 10.3 Å². The van der Waals surface area contributed by atoms with Crippen molar-refractivity contribution in [3.8, 4) is 17.1 Å². The lowest BCUT2D eigenvalue weighted by Gasteiger charge is -2.01. The van der Waals surface area contributed by atoms with E-state index in [1.165, 1.54) is 6.33 Å². The Morgan fingerprint density at radius 3 is 2.56 bits per heavy atom. The first-order valence-electron chi connectivity index (χ1n) is 9.10. The molecular weight excluding hydrogens is 420 g/mol. The molecule has 4 aromatic heterocycles. The van der Waals surface area contributed by atoms with Crippen LogP contribution in [0.1, 0.15) is 0 Å². The fourth-order valence-corrected chi connectivity index (χ4v) is 2.88. The van der Waals surface area contributed by atoms with Gasteiger partial charge in [0, 0.05) is 5.56 Å². The van der Waals surface area contributed by atoms with Crippen molar-refractivity contribution < 1.29 is 4.74 Å². The summed E-state index contributed by atoms with van der Waals surface area (Å²) in [4.78, 5) is 51.3. The van der Waals surface area contributed by atoms with Gasteiger partial charge in [-0.05, 0) is 24.3 Å². The van der Waals surface area contributed by atoms with Gasteiger partial charge in [-0.3, -0.25) is 25.0 Å². The van der Waals surface area contributed by atoms with E-state index in [9.17, 15) is 9.59 Å². The summed E-state index contributed by atoms with van der Waals surface area (Å²) in [5.74, 6) is 1.17. The summed E-state index contributed by atoms with van der Waals surface area (Å²) in [5, 5.41) is 7.44. The quantitative estimate of drug-likeness (QED) is 0.165. The molecule has 0 aliphatic rings. The summed E-state index contributed by atoms with van der Waals surface area (Å²) in [6.07, 6.45) is 1.36. The molecule has 0 bridgehead atoms. The van der Waals surface area contributed by atoms with Crippen LogP contribution in [0.4, 0.5) is 11.9 Å². The van der Waals surface area contributed by atoms with Gasteiger partial charge >= 0.3 is 0 Å². The third-order valence-electron chi connectivity index (χ3n) is 4.38. The van der Waals surface area contributed by atoms with E-state index < -0.39 is 11.1 Å². The molecule has 1 aromatic carbocycles. The second-order valence-corrected chi connectivity index (χ2v) is 6.35. The Kier molecular flexibility index (Phi) is 4.51. The lowest BCUT2D eigenvalue weighted by Crippen LogP contribution is -2.20. The number of aromatic nitrogens is 8. The fourth-order valence-electron chi connectivity index (χ4n) is 2.88. The number of ether oxygens (including phenoxy) is 1. The van der Waals surface area contributed by atoms with Gasteiger partial charge in [0.05, 0.1) is 13.4 Å². The summed E-state index contributed by atoms with van der Waals surface area (Å²) >= 11 is 0. The van der Waals surface area contributed by atoms with Crippen molar-refractivity contribution in [1.29, 1.82) is 0 Å². The Bertz CT molecular complexity index is 1560. The molecular formula is C17H14N12O3. The topological polar surface area (TPSA) is 207 Å². The number of hydrazine groups is 1. The number of rotatable bonds is 6. The van der Waals surface area contributed by atoms with E-state index in [0.717, 1.165) is 5.56 Å². The normalized spacial score (nSPS) is 11.4. The molecule has 0 atom stereocenters. The van der Waals surface area contributed by atoms with Crippen LogP contribution in [0, 0.1) is 0 Å². The molecule has 15 heteroatoms. The first-order valence-corrected chi connectivity index (χ1v) is 9.10. The third kappa shape index (κ3) is 3.49. The average molecular weight is 434 g/mol. The summed E-state index contributed by atoms with van der Waals surface area (Å²) < 4.78 is 5.14. The van der Waals surface area contributed by atoms with Crippen LogP contribution in [-0.2, 0) is 0 Å². The van der Waals surface area contributed by atoms with Crippen LogP contribution in [0.2, 0.25) is 0 Å². The molecule has 5 rings (SSSR count). The SMILES string of the molecule is COc1ccc(-c2nc3nc(/N=N/NNc4nc5nc[nH]c5c(=O)[nH]4)[nH]c(=O)c3[nH]2)cc1. The Hall–Kier alpha value is -5.08. The minimum absolute atomic E-state index is 0.0712. The van der Waals surface area contributed by atoms with Gasteiger partial charge in [-0.15, -0.1) is 0 Å². The molecule has 5 aromatic rings. The highest BCUT2D eigenvalue weighted by atomic mass is 16.5. The van der Waals surface area contributed by atoms with Gasteiger partial charge in [0.25, 0.3) is 17.1 Å². The Labute approximate surface area is 176 Å². The minimum Gasteiger partial charge on any atom is -0.497 e. The number of nitrogens with zero attached hydrogens (tertiary/aromatic N) is 6. The van der Waals surface area contributed by atoms with Crippen molar-refractivity contribution in [3.05, 3.63) is 51.3 Å². The van der Waals surface area contributed by atoms with E-state index in [1.54, 1.807) is 31.4 Å². The number of hydrogen-bond acceptors (Lipinski definition) is 10. The van der Waals surface area contributed by atoms with E-state index in [2.05, 4.69) is 61.2 Å². The van der Waals surface area contributed by atoms with Crippen LogP contribution in [-0.4, -0.2) is 47.0 Å². The molecule has 0 aliphatic heterocycles. The van der Waals surface area contributed by atoms with Crippen molar-refractivity contribution >= 4 is 34.2 Å². The molecule has 0 saturated heterocycles. The molecule has 6 N–H and O–H groups in total. The lowest BCUT2D eigenvalue weighted by molar-refractivity contribution is 0.415. The zero-order valence-electron chi connectivity index (χ0n) is 16.3. The Morgan fingerprint density at radius 1 is 0.938 bits per heavy atom. The highest BCUT2D eigenvalue weighted by molar-refractivity contribution is 5.75. The maximum Gasteiger partial charge on any atom is 0.278 e. The Morgan fingerprint density at radius 2 is 1.75 bits per heavy atom. The summed E-state index contributed by atoms with van der Waals surface area (Å²) in [7, 11) is 1.58. The van der Waals surface area contributed by atoms with Gasteiger partial charge in [0.2, 0.25) is 5.95 Å². The average Bonchev–Trinajstić information content (AvgIpc) is 3.44. The smallest absolute Gasteiger partial charge is 0.278 e. The van der Waals surface area contributed by atoms with Gasteiger partial charge in [-0.2, -0.15) is 15.5 Å². The second-order valence-electron chi connectivity index (χ2n) is 6.35. The molecule has 0 aliphatic carbocycles. The number of H-pyrrole nitrogens is 4. The lowest BCUT2D eigenvalue weighted by atomic mass is 10.2. The number of nitrogens with one attached hydrogen (secondary N) is 6. The van der Waals surface area contributed by atoms with Crippen molar-refractivity contribution in [2.45, 2.75) is 0 Å². The predicted octanol–water partition coefficient (Wildman–Crippen LogP) is 0.897. The van der Waals surface area contributed by atoms with Crippen LogP contribution < -0.4 is 26.8 Å². The van der Waals surface area contributed by atoms with Gasteiger partial charge in [0.1, 0.15) is 11.6 Å². The van der Waals surface area contributed by atoms with Gasteiger partial charge in [0.15, 0.2) is 22.3 Å². The Balaban J connectivity index is 1.33. The molecule has 0 unspecified atom stereocenters. The van der Waals surface area contributed by atoms with Crippen LogP contribution in [0.25, 0.3) is 33.7 Å². The minimum atomic E-state index is -0.459. The standard InChI is InChI=1S/C17H14N12O3/c1-32-8-4-2-7(3-5-8)11-20-10-13(21-11)23-17(25-15(10)31)27-29-28-26-16-22-12-9(14(30)24-16)18-6-19-12/h2-6H,1H3,(H3,18,19,22,24,26,29,30)(H3,20,21,23,25,27,28,31). The first-order chi connectivity index (χ1) is 15.6. The van der Waals surface area contributed by atoms with E-state index in [1.807, 2.05) is 0 Å². The number of imidazole rings is 2. The van der Waals surface area contributed by atoms with Crippen LogP contribution >= 0.6 is 0 Å². The highest BCUT2D eigenvalue weighted by Gasteiger charge is 2.11. The zero-order valence-corrected chi connectivity index (χ0v) is 16.3. The third-order valence-corrected chi connectivity index (χ3v) is 4.38. The van der Waals surface area contributed by atoms with E-state index in [-0.39, 0.29) is 34.2 Å². The van der Waals surface area contributed by atoms with Crippen LogP contribution in [0.3, 0.4) is 0 Å². The first kappa shape index (κ1) is 18.9. The monoisotopic (exact) mass is 434 g/mol. The second kappa shape index (κ2) is 7.63. The largest absolute Gasteiger partial charge is 0.497 e.